The Balaban J connectivity index is 2.18. The van der Waals surface area contributed by atoms with Crippen LogP contribution in [0.2, 0.25) is 0 Å². The first-order valence-electron chi connectivity index (χ1n) is 7.22. The highest BCUT2D eigenvalue weighted by atomic mass is 79.9. The Kier molecular flexibility index (Phi) is 4.88. The SMILES string of the molecule is CC(C)C1CN(Cc2cc(Br)ccc2F)C(C)(C)CN1. The van der Waals surface area contributed by atoms with E-state index in [-0.39, 0.29) is 11.4 Å². The average molecular weight is 343 g/mol. The normalized spacial score (nSPS) is 23.2. The first-order chi connectivity index (χ1) is 9.29. The van der Waals surface area contributed by atoms with Crippen molar-refractivity contribution in [2.24, 2.45) is 5.92 Å². The predicted molar refractivity (Wildman–Crippen MR) is 85.2 cm³/mol. The summed E-state index contributed by atoms with van der Waals surface area (Å²) in [5.74, 6) is 0.463. The Morgan fingerprint density at radius 2 is 2.15 bits per heavy atom. The monoisotopic (exact) mass is 342 g/mol. The molecule has 1 unspecified atom stereocenters. The Bertz CT molecular complexity index is 474. The summed E-state index contributed by atoms with van der Waals surface area (Å²) in [7, 11) is 0. The Morgan fingerprint density at radius 1 is 1.45 bits per heavy atom. The second-order valence-electron chi connectivity index (χ2n) is 6.66. The largest absolute Gasteiger partial charge is 0.311 e. The molecule has 0 aliphatic carbocycles. The van der Waals surface area contributed by atoms with Crippen LogP contribution in [-0.4, -0.2) is 29.6 Å². The molecule has 20 heavy (non-hydrogen) atoms. The highest BCUT2D eigenvalue weighted by molar-refractivity contribution is 9.10. The molecule has 1 N–H and O–H groups in total. The molecule has 0 amide bonds. The highest BCUT2D eigenvalue weighted by Crippen LogP contribution is 2.25. The molecule has 1 aromatic rings. The second kappa shape index (κ2) is 6.12. The summed E-state index contributed by atoms with van der Waals surface area (Å²) < 4.78 is 14.9. The first-order valence-corrected chi connectivity index (χ1v) is 8.01. The zero-order valence-electron chi connectivity index (χ0n) is 12.7. The van der Waals surface area contributed by atoms with Crippen LogP contribution >= 0.6 is 15.9 Å². The molecular weight excluding hydrogens is 319 g/mol. The number of hydrogen-bond donors (Lipinski definition) is 1. The van der Waals surface area contributed by atoms with Gasteiger partial charge in [0.05, 0.1) is 0 Å². The van der Waals surface area contributed by atoms with Gasteiger partial charge in [-0.05, 0) is 38.0 Å². The summed E-state index contributed by atoms with van der Waals surface area (Å²) in [6.45, 7) is 11.4. The van der Waals surface area contributed by atoms with Crippen molar-refractivity contribution in [2.45, 2.75) is 45.8 Å². The van der Waals surface area contributed by atoms with E-state index in [4.69, 9.17) is 0 Å². The zero-order valence-corrected chi connectivity index (χ0v) is 14.3. The van der Waals surface area contributed by atoms with Crippen molar-refractivity contribution < 1.29 is 4.39 Å². The van der Waals surface area contributed by atoms with Crippen LogP contribution in [0.25, 0.3) is 0 Å². The molecule has 1 atom stereocenters. The summed E-state index contributed by atoms with van der Waals surface area (Å²) in [5.41, 5.74) is 0.803. The number of hydrogen-bond acceptors (Lipinski definition) is 2. The van der Waals surface area contributed by atoms with Crippen LogP contribution in [0.3, 0.4) is 0 Å². The number of nitrogens with zero attached hydrogens (tertiary/aromatic N) is 1. The van der Waals surface area contributed by atoms with E-state index in [9.17, 15) is 4.39 Å². The molecule has 0 spiro atoms. The molecule has 1 saturated heterocycles. The third-order valence-electron chi connectivity index (χ3n) is 4.24. The maximum absolute atomic E-state index is 14.0. The minimum absolute atomic E-state index is 0.0418. The lowest BCUT2D eigenvalue weighted by atomic mass is 9.92. The lowest BCUT2D eigenvalue weighted by Crippen LogP contribution is -2.62. The van der Waals surface area contributed by atoms with Crippen LogP contribution in [-0.2, 0) is 6.54 Å². The van der Waals surface area contributed by atoms with Gasteiger partial charge in [-0.1, -0.05) is 29.8 Å². The zero-order chi connectivity index (χ0) is 14.9. The Hall–Kier alpha value is -0.450. The number of rotatable bonds is 3. The van der Waals surface area contributed by atoms with Crippen LogP contribution in [0.1, 0.15) is 33.3 Å². The van der Waals surface area contributed by atoms with Gasteiger partial charge in [-0.15, -0.1) is 0 Å². The summed E-state index contributed by atoms with van der Waals surface area (Å²) in [4.78, 5) is 2.39. The van der Waals surface area contributed by atoms with Crippen LogP contribution in [0, 0.1) is 11.7 Å². The lowest BCUT2D eigenvalue weighted by molar-refractivity contribution is 0.0466. The van der Waals surface area contributed by atoms with E-state index in [0.29, 0.717) is 18.5 Å². The maximum Gasteiger partial charge on any atom is 0.127 e. The molecule has 1 aromatic carbocycles. The third-order valence-corrected chi connectivity index (χ3v) is 4.74. The van der Waals surface area contributed by atoms with Crippen molar-refractivity contribution in [1.29, 1.82) is 0 Å². The first kappa shape index (κ1) is 15.9. The van der Waals surface area contributed by atoms with Gasteiger partial charge in [0.2, 0.25) is 0 Å². The standard InChI is InChI=1S/C16H24BrFN2/c1-11(2)15-9-20(16(3,4)10-19-15)8-12-7-13(17)5-6-14(12)18/h5-7,11,15,19H,8-10H2,1-4H3. The number of piperazine rings is 1. The van der Waals surface area contributed by atoms with Crippen molar-refractivity contribution in [3.8, 4) is 0 Å². The molecule has 0 radical (unpaired) electrons. The molecule has 2 nitrogen and oxygen atoms in total. The fraction of sp³-hybridized carbons (Fsp3) is 0.625. The van der Waals surface area contributed by atoms with Gasteiger partial charge in [0.15, 0.2) is 0 Å². The quantitative estimate of drug-likeness (QED) is 0.898. The van der Waals surface area contributed by atoms with Crippen molar-refractivity contribution in [3.05, 3.63) is 34.1 Å². The molecule has 1 fully saturated rings. The van der Waals surface area contributed by atoms with E-state index < -0.39 is 0 Å². The fourth-order valence-electron chi connectivity index (χ4n) is 2.64. The van der Waals surface area contributed by atoms with Crippen molar-refractivity contribution >= 4 is 15.9 Å². The van der Waals surface area contributed by atoms with E-state index in [1.54, 1.807) is 6.07 Å². The van der Waals surface area contributed by atoms with E-state index in [1.807, 2.05) is 6.07 Å². The minimum atomic E-state index is -0.122. The minimum Gasteiger partial charge on any atom is -0.311 e. The van der Waals surface area contributed by atoms with Gasteiger partial charge >= 0.3 is 0 Å². The molecule has 4 heteroatoms. The Morgan fingerprint density at radius 3 is 2.80 bits per heavy atom. The van der Waals surface area contributed by atoms with E-state index >= 15 is 0 Å². The molecule has 0 aromatic heterocycles. The average Bonchev–Trinajstić information content (AvgIpc) is 2.35. The number of benzene rings is 1. The van der Waals surface area contributed by atoms with Gasteiger partial charge in [0.1, 0.15) is 5.82 Å². The second-order valence-corrected chi connectivity index (χ2v) is 7.58. The van der Waals surface area contributed by atoms with Gasteiger partial charge in [-0.25, -0.2) is 4.39 Å². The molecule has 1 heterocycles. The van der Waals surface area contributed by atoms with Gasteiger partial charge in [-0.3, -0.25) is 4.90 Å². The van der Waals surface area contributed by atoms with Crippen LogP contribution in [0.15, 0.2) is 22.7 Å². The molecule has 112 valence electrons. The Labute approximate surface area is 129 Å². The van der Waals surface area contributed by atoms with E-state index in [0.717, 1.165) is 23.1 Å². The van der Waals surface area contributed by atoms with Crippen molar-refractivity contribution in [1.82, 2.24) is 10.2 Å². The fourth-order valence-corrected chi connectivity index (χ4v) is 3.05. The number of nitrogens with one attached hydrogen (secondary N) is 1. The number of halogens is 2. The summed E-state index contributed by atoms with van der Waals surface area (Å²) in [6, 6.07) is 5.64. The molecule has 1 aliphatic heterocycles. The summed E-state index contributed by atoms with van der Waals surface area (Å²) >= 11 is 3.43. The summed E-state index contributed by atoms with van der Waals surface area (Å²) in [6.07, 6.45) is 0. The van der Waals surface area contributed by atoms with Crippen molar-refractivity contribution in [2.75, 3.05) is 13.1 Å². The van der Waals surface area contributed by atoms with Gasteiger partial charge in [-0.2, -0.15) is 0 Å². The summed E-state index contributed by atoms with van der Waals surface area (Å²) in [5, 5.41) is 3.61. The van der Waals surface area contributed by atoms with Crippen LogP contribution in [0.4, 0.5) is 4.39 Å². The molecule has 1 aliphatic rings. The lowest BCUT2D eigenvalue weighted by Gasteiger charge is -2.47. The van der Waals surface area contributed by atoms with Gasteiger partial charge < -0.3 is 5.32 Å². The topological polar surface area (TPSA) is 15.3 Å². The van der Waals surface area contributed by atoms with Crippen LogP contribution < -0.4 is 5.32 Å². The molecule has 2 rings (SSSR count). The van der Waals surface area contributed by atoms with E-state index in [1.165, 1.54) is 6.07 Å². The van der Waals surface area contributed by atoms with Gasteiger partial charge in [0, 0.05) is 41.3 Å². The molecule has 0 saturated carbocycles. The van der Waals surface area contributed by atoms with Gasteiger partial charge in [0.25, 0.3) is 0 Å². The van der Waals surface area contributed by atoms with Crippen molar-refractivity contribution in [3.63, 3.8) is 0 Å². The molecular formula is C16H24BrFN2. The maximum atomic E-state index is 14.0. The highest BCUT2D eigenvalue weighted by Gasteiger charge is 2.35. The smallest absolute Gasteiger partial charge is 0.127 e. The predicted octanol–water partition coefficient (Wildman–Crippen LogP) is 3.80. The molecule has 0 bridgehead atoms. The van der Waals surface area contributed by atoms with Crippen LogP contribution in [0.5, 0.6) is 0 Å². The van der Waals surface area contributed by atoms with E-state index in [2.05, 4.69) is 53.8 Å². The third kappa shape index (κ3) is 3.60.